The van der Waals surface area contributed by atoms with Crippen LogP contribution in [0.1, 0.15) is 19.4 Å². The zero-order valence-electron chi connectivity index (χ0n) is 9.86. The Morgan fingerprint density at radius 3 is 2.88 bits per heavy atom. The van der Waals surface area contributed by atoms with Gasteiger partial charge in [-0.3, -0.25) is 0 Å². The summed E-state index contributed by atoms with van der Waals surface area (Å²) in [6, 6.07) is 4.03. The van der Waals surface area contributed by atoms with Crippen LogP contribution in [0.4, 0.5) is 5.82 Å². The number of anilines is 1. The summed E-state index contributed by atoms with van der Waals surface area (Å²) in [4.78, 5) is 4.18. The second kappa shape index (κ2) is 3.75. The molecule has 0 saturated heterocycles. The van der Waals surface area contributed by atoms with Gasteiger partial charge in [0.2, 0.25) is 0 Å². The zero-order chi connectivity index (χ0) is 11.8. The van der Waals surface area contributed by atoms with Gasteiger partial charge in [-0.2, -0.15) is 9.61 Å². The summed E-state index contributed by atoms with van der Waals surface area (Å²) in [5.41, 5.74) is 7.54. The minimum Gasteiger partial charge on any atom is -0.364 e. The van der Waals surface area contributed by atoms with Crippen molar-refractivity contribution in [3.63, 3.8) is 0 Å². The first kappa shape index (κ1) is 10.9. The molecular weight excluding hydrogens is 202 g/mol. The Hall–Kier alpha value is -1.62. The first-order chi connectivity index (χ1) is 7.52. The SMILES string of the molecule is Cc1cc(NC(C)(C)CN)n2ncnc2c1. The molecule has 5 nitrogen and oxygen atoms in total. The van der Waals surface area contributed by atoms with E-state index in [-0.39, 0.29) is 5.54 Å². The summed E-state index contributed by atoms with van der Waals surface area (Å²) in [5, 5.41) is 7.55. The summed E-state index contributed by atoms with van der Waals surface area (Å²) in [5.74, 6) is 0.919. The molecule has 0 spiro atoms. The number of fused-ring (bicyclic) bond motifs is 1. The molecule has 0 radical (unpaired) electrons. The van der Waals surface area contributed by atoms with Crippen LogP contribution in [0.5, 0.6) is 0 Å². The maximum absolute atomic E-state index is 5.70. The maximum Gasteiger partial charge on any atom is 0.157 e. The van der Waals surface area contributed by atoms with Gasteiger partial charge in [0.25, 0.3) is 0 Å². The number of hydrogen-bond acceptors (Lipinski definition) is 4. The molecule has 0 bridgehead atoms. The highest BCUT2D eigenvalue weighted by Gasteiger charge is 2.16. The van der Waals surface area contributed by atoms with Gasteiger partial charge in [0.05, 0.1) is 0 Å². The topological polar surface area (TPSA) is 68.2 Å². The first-order valence-electron chi connectivity index (χ1n) is 5.30. The first-order valence-corrected chi connectivity index (χ1v) is 5.30. The zero-order valence-corrected chi connectivity index (χ0v) is 9.86. The van der Waals surface area contributed by atoms with Crippen molar-refractivity contribution < 1.29 is 0 Å². The van der Waals surface area contributed by atoms with Crippen LogP contribution in [0, 0.1) is 6.92 Å². The molecule has 0 saturated carbocycles. The second-order valence-corrected chi connectivity index (χ2v) is 4.66. The molecule has 3 N–H and O–H groups in total. The molecule has 0 aliphatic rings. The molecule has 2 aromatic heterocycles. The van der Waals surface area contributed by atoms with Crippen molar-refractivity contribution in [1.82, 2.24) is 14.6 Å². The van der Waals surface area contributed by atoms with Gasteiger partial charge in [0.15, 0.2) is 5.65 Å². The third kappa shape index (κ3) is 1.99. The molecule has 0 atom stereocenters. The van der Waals surface area contributed by atoms with Gasteiger partial charge in [-0.15, -0.1) is 0 Å². The lowest BCUT2D eigenvalue weighted by Crippen LogP contribution is -2.39. The Balaban J connectivity index is 2.47. The fourth-order valence-electron chi connectivity index (χ4n) is 1.54. The normalized spacial score (nSPS) is 12.0. The van der Waals surface area contributed by atoms with E-state index < -0.39 is 0 Å². The minimum atomic E-state index is -0.160. The average molecular weight is 219 g/mol. The summed E-state index contributed by atoms with van der Waals surface area (Å²) < 4.78 is 1.78. The van der Waals surface area contributed by atoms with Crippen LogP contribution in [0.3, 0.4) is 0 Å². The van der Waals surface area contributed by atoms with Gasteiger partial charge < -0.3 is 11.1 Å². The fraction of sp³-hybridized carbons (Fsp3) is 0.455. The van der Waals surface area contributed by atoms with E-state index in [1.807, 2.05) is 19.1 Å². The lowest BCUT2D eigenvalue weighted by atomic mass is 10.1. The quantitative estimate of drug-likeness (QED) is 0.813. The van der Waals surface area contributed by atoms with Gasteiger partial charge in [0.1, 0.15) is 12.1 Å². The van der Waals surface area contributed by atoms with Gasteiger partial charge in [-0.05, 0) is 38.5 Å². The Bertz CT molecular complexity index is 500. The molecule has 0 aliphatic heterocycles. The predicted molar refractivity (Wildman–Crippen MR) is 64.5 cm³/mol. The number of hydrogen-bond donors (Lipinski definition) is 2. The van der Waals surface area contributed by atoms with Gasteiger partial charge >= 0.3 is 0 Å². The lowest BCUT2D eigenvalue weighted by molar-refractivity contribution is 0.574. The highest BCUT2D eigenvalue weighted by atomic mass is 15.3. The molecular formula is C11H17N5. The fourth-order valence-corrected chi connectivity index (χ4v) is 1.54. The minimum absolute atomic E-state index is 0.160. The van der Waals surface area contributed by atoms with Gasteiger partial charge in [0, 0.05) is 12.1 Å². The second-order valence-electron chi connectivity index (χ2n) is 4.66. The molecule has 0 aliphatic carbocycles. The number of nitrogens with two attached hydrogens (primary N) is 1. The number of pyridine rings is 1. The number of aromatic nitrogens is 3. The monoisotopic (exact) mass is 219 g/mol. The van der Waals surface area contributed by atoms with Crippen molar-refractivity contribution in [3.05, 3.63) is 24.0 Å². The molecule has 2 heterocycles. The van der Waals surface area contributed by atoms with Crippen LogP contribution < -0.4 is 11.1 Å². The van der Waals surface area contributed by atoms with E-state index in [2.05, 4.69) is 29.2 Å². The van der Waals surface area contributed by atoms with Crippen molar-refractivity contribution in [3.8, 4) is 0 Å². The Morgan fingerprint density at radius 2 is 2.19 bits per heavy atom. The summed E-state index contributed by atoms with van der Waals surface area (Å²) in [6.45, 7) is 6.70. The third-order valence-electron chi connectivity index (χ3n) is 2.50. The largest absolute Gasteiger partial charge is 0.364 e. The number of rotatable bonds is 3. The van der Waals surface area contributed by atoms with Crippen molar-refractivity contribution in [2.75, 3.05) is 11.9 Å². The van der Waals surface area contributed by atoms with Crippen LogP contribution in [-0.2, 0) is 0 Å². The van der Waals surface area contributed by atoms with Gasteiger partial charge in [-0.25, -0.2) is 4.98 Å². The van der Waals surface area contributed by atoms with Gasteiger partial charge in [-0.1, -0.05) is 0 Å². The molecule has 2 aromatic rings. The van der Waals surface area contributed by atoms with E-state index in [1.54, 1.807) is 10.8 Å². The molecule has 5 heteroatoms. The lowest BCUT2D eigenvalue weighted by Gasteiger charge is -2.25. The number of nitrogens with one attached hydrogen (secondary N) is 1. The summed E-state index contributed by atoms with van der Waals surface area (Å²) in [6.07, 6.45) is 1.55. The van der Waals surface area contributed by atoms with E-state index in [0.717, 1.165) is 17.0 Å². The van der Waals surface area contributed by atoms with E-state index in [9.17, 15) is 0 Å². The molecule has 2 rings (SSSR count). The van der Waals surface area contributed by atoms with Crippen molar-refractivity contribution >= 4 is 11.5 Å². The third-order valence-corrected chi connectivity index (χ3v) is 2.50. The van der Waals surface area contributed by atoms with E-state index in [0.29, 0.717) is 6.54 Å². The van der Waals surface area contributed by atoms with E-state index in [4.69, 9.17) is 5.73 Å². The van der Waals surface area contributed by atoms with Crippen molar-refractivity contribution in [2.24, 2.45) is 5.73 Å². The Kier molecular flexibility index (Phi) is 2.55. The summed E-state index contributed by atoms with van der Waals surface area (Å²) >= 11 is 0. The van der Waals surface area contributed by atoms with Crippen LogP contribution in [0.25, 0.3) is 5.65 Å². The maximum atomic E-state index is 5.70. The highest BCUT2D eigenvalue weighted by Crippen LogP contribution is 2.17. The van der Waals surface area contributed by atoms with E-state index >= 15 is 0 Å². The molecule has 0 aromatic carbocycles. The van der Waals surface area contributed by atoms with Crippen LogP contribution >= 0.6 is 0 Å². The molecule has 0 unspecified atom stereocenters. The number of nitrogens with zero attached hydrogens (tertiary/aromatic N) is 3. The number of aryl methyl sites for hydroxylation is 1. The molecule has 86 valence electrons. The van der Waals surface area contributed by atoms with Crippen LogP contribution in [0.15, 0.2) is 18.5 Å². The predicted octanol–water partition coefficient (Wildman–Crippen LogP) is 1.19. The molecule has 0 fully saturated rings. The molecule has 0 amide bonds. The molecule has 16 heavy (non-hydrogen) atoms. The van der Waals surface area contributed by atoms with Crippen LogP contribution in [-0.4, -0.2) is 26.7 Å². The average Bonchev–Trinajstić information content (AvgIpc) is 2.65. The smallest absolute Gasteiger partial charge is 0.157 e. The Labute approximate surface area is 94.7 Å². The standard InChI is InChI=1S/C11H17N5/c1-8-4-9-13-7-14-16(9)10(5-8)15-11(2,3)6-12/h4-5,7,15H,6,12H2,1-3H3. The highest BCUT2D eigenvalue weighted by molar-refractivity contribution is 5.52. The van der Waals surface area contributed by atoms with E-state index in [1.165, 1.54) is 0 Å². The van der Waals surface area contributed by atoms with Crippen molar-refractivity contribution in [1.29, 1.82) is 0 Å². The Morgan fingerprint density at radius 1 is 1.44 bits per heavy atom. The summed E-state index contributed by atoms with van der Waals surface area (Å²) in [7, 11) is 0. The van der Waals surface area contributed by atoms with Crippen LogP contribution in [0.2, 0.25) is 0 Å². The van der Waals surface area contributed by atoms with Crippen molar-refractivity contribution in [2.45, 2.75) is 26.3 Å².